The topological polar surface area (TPSA) is 78.9 Å². The second kappa shape index (κ2) is 50.5. The summed E-state index contributed by atoms with van der Waals surface area (Å²) in [6, 6.07) is 0. The van der Waals surface area contributed by atoms with E-state index in [0.717, 1.165) is 83.5 Å². The molecule has 0 radical (unpaired) electrons. The number of allylic oxidation sites excluding steroid dienone is 12. The summed E-state index contributed by atoms with van der Waals surface area (Å²) in [7, 11) is 0. The van der Waals surface area contributed by atoms with Crippen LogP contribution in [0.4, 0.5) is 0 Å². The van der Waals surface area contributed by atoms with E-state index in [1.807, 2.05) is 6.08 Å². The molecule has 0 saturated carbocycles. The fourth-order valence-corrected chi connectivity index (χ4v) is 7.07. The molecule has 0 spiro atoms. The van der Waals surface area contributed by atoms with Gasteiger partial charge >= 0.3 is 17.9 Å². The Labute approximate surface area is 382 Å². The van der Waals surface area contributed by atoms with Gasteiger partial charge in [-0.05, 0) is 77.0 Å². The largest absolute Gasteiger partial charge is 0.462 e. The molecular formula is C56H96O6. The van der Waals surface area contributed by atoms with E-state index in [-0.39, 0.29) is 37.5 Å². The van der Waals surface area contributed by atoms with Crippen LogP contribution >= 0.6 is 0 Å². The standard InChI is InChI=1S/C56H96O6/c1-4-7-10-13-16-19-22-25-27-29-31-34-37-40-43-46-49-55(58)61-52-53(51-60-54(57)48-45-42-39-36-33-30-24-21-18-15-12-9-6-3)62-56(59)50-47-44-41-38-35-32-28-26-23-20-17-14-11-8-5-2/h7,10,16,19,25,27,30-31,33-34,39,42,53H,4-6,8-9,11-15,17-18,20-24,26,28-29,32,35-38,40-41,43-52H2,1-3H3/b10-7+,19-16+,27-25+,33-30+,34-31+,42-39+. The minimum Gasteiger partial charge on any atom is -0.462 e. The Morgan fingerprint density at radius 1 is 0.339 bits per heavy atom. The molecule has 0 heterocycles. The molecule has 0 saturated heterocycles. The Morgan fingerprint density at radius 3 is 1.10 bits per heavy atom. The zero-order valence-electron chi connectivity index (χ0n) is 40.6. The van der Waals surface area contributed by atoms with Gasteiger partial charge in [0.05, 0.1) is 0 Å². The van der Waals surface area contributed by atoms with Gasteiger partial charge in [0.2, 0.25) is 0 Å². The summed E-state index contributed by atoms with van der Waals surface area (Å²) >= 11 is 0. The molecule has 0 aliphatic heterocycles. The molecule has 0 aromatic heterocycles. The van der Waals surface area contributed by atoms with Gasteiger partial charge in [0.25, 0.3) is 0 Å². The van der Waals surface area contributed by atoms with Crippen LogP contribution in [0.5, 0.6) is 0 Å². The average Bonchev–Trinajstić information content (AvgIpc) is 3.27. The molecule has 0 bridgehead atoms. The van der Waals surface area contributed by atoms with Gasteiger partial charge < -0.3 is 14.2 Å². The van der Waals surface area contributed by atoms with E-state index in [1.54, 1.807) is 0 Å². The Bertz CT molecular complexity index is 1180. The van der Waals surface area contributed by atoms with Gasteiger partial charge in [-0.2, -0.15) is 0 Å². The van der Waals surface area contributed by atoms with Gasteiger partial charge in [0, 0.05) is 19.3 Å². The van der Waals surface area contributed by atoms with E-state index in [9.17, 15) is 14.4 Å². The summed E-state index contributed by atoms with van der Waals surface area (Å²) in [6.07, 6.45) is 63.3. The monoisotopic (exact) mass is 865 g/mol. The summed E-state index contributed by atoms with van der Waals surface area (Å²) in [5.74, 6) is -1.00. The highest BCUT2D eigenvalue weighted by Gasteiger charge is 2.19. The van der Waals surface area contributed by atoms with Crippen LogP contribution in [0.2, 0.25) is 0 Å². The molecular weight excluding hydrogens is 769 g/mol. The van der Waals surface area contributed by atoms with Crippen LogP contribution in [0.1, 0.15) is 245 Å². The number of esters is 3. The molecule has 6 nitrogen and oxygen atoms in total. The Kier molecular flexibility index (Phi) is 47.9. The number of hydrogen-bond acceptors (Lipinski definition) is 6. The van der Waals surface area contributed by atoms with Crippen LogP contribution in [-0.4, -0.2) is 37.2 Å². The lowest BCUT2D eigenvalue weighted by Gasteiger charge is -2.18. The molecule has 0 aliphatic carbocycles. The normalized spacial score (nSPS) is 12.6. The van der Waals surface area contributed by atoms with Gasteiger partial charge in [0.1, 0.15) is 13.2 Å². The molecule has 0 fully saturated rings. The molecule has 1 unspecified atom stereocenters. The van der Waals surface area contributed by atoms with Crippen LogP contribution < -0.4 is 0 Å². The lowest BCUT2D eigenvalue weighted by atomic mass is 10.0. The molecule has 6 heteroatoms. The molecule has 0 aromatic rings. The Morgan fingerprint density at radius 2 is 0.661 bits per heavy atom. The molecule has 62 heavy (non-hydrogen) atoms. The van der Waals surface area contributed by atoms with Crippen molar-refractivity contribution < 1.29 is 28.6 Å². The number of unbranched alkanes of at least 4 members (excludes halogenated alkanes) is 23. The summed E-state index contributed by atoms with van der Waals surface area (Å²) in [4.78, 5) is 37.9. The number of ether oxygens (including phenoxy) is 3. The van der Waals surface area contributed by atoms with Crippen molar-refractivity contribution in [2.75, 3.05) is 13.2 Å². The van der Waals surface area contributed by atoms with E-state index in [4.69, 9.17) is 14.2 Å². The maximum absolute atomic E-state index is 12.8. The lowest BCUT2D eigenvalue weighted by Crippen LogP contribution is -2.30. The van der Waals surface area contributed by atoms with Crippen molar-refractivity contribution >= 4 is 17.9 Å². The van der Waals surface area contributed by atoms with Crippen LogP contribution in [-0.2, 0) is 28.6 Å². The second-order valence-electron chi connectivity index (χ2n) is 17.1. The van der Waals surface area contributed by atoms with Gasteiger partial charge in [-0.25, -0.2) is 0 Å². The SMILES string of the molecule is CC/C=C/C/C=C/C/C=C/C/C=C/CCCCCC(=O)OCC(COC(=O)CC/C=C/C/C=C/CCCCCCCC)OC(=O)CCCCCCCCCCCCCCCCC. The fraction of sp³-hybridized carbons (Fsp3) is 0.732. The highest BCUT2D eigenvalue weighted by atomic mass is 16.6. The third kappa shape index (κ3) is 47.9. The first-order chi connectivity index (χ1) is 30.5. The molecule has 356 valence electrons. The van der Waals surface area contributed by atoms with Gasteiger partial charge in [-0.15, -0.1) is 0 Å². The van der Waals surface area contributed by atoms with E-state index in [2.05, 4.69) is 87.6 Å². The van der Waals surface area contributed by atoms with Crippen LogP contribution in [0, 0.1) is 0 Å². The smallest absolute Gasteiger partial charge is 0.306 e. The van der Waals surface area contributed by atoms with Gasteiger partial charge in [-0.3, -0.25) is 14.4 Å². The first kappa shape index (κ1) is 58.9. The van der Waals surface area contributed by atoms with Crippen LogP contribution in [0.3, 0.4) is 0 Å². The average molecular weight is 865 g/mol. The van der Waals surface area contributed by atoms with E-state index in [1.165, 1.54) is 116 Å². The summed E-state index contributed by atoms with van der Waals surface area (Å²) in [5, 5.41) is 0. The third-order valence-electron chi connectivity index (χ3n) is 11.0. The van der Waals surface area contributed by atoms with Crippen molar-refractivity contribution in [2.45, 2.75) is 252 Å². The molecule has 0 rings (SSSR count). The van der Waals surface area contributed by atoms with Crippen molar-refractivity contribution in [3.05, 3.63) is 72.9 Å². The zero-order chi connectivity index (χ0) is 45.1. The highest BCUT2D eigenvalue weighted by Crippen LogP contribution is 2.15. The van der Waals surface area contributed by atoms with E-state index in [0.29, 0.717) is 19.3 Å². The second-order valence-corrected chi connectivity index (χ2v) is 17.1. The quantitative estimate of drug-likeness (QED) is 0.0262. The summed E-state index contributed by atoms with van der Waals surface area (Å²) in [6.45, 7) is 6.44. The summed E-state index contributed by atoms with van der Waals surface area (Å²) < 4.78 is 16.7. The van der Waals surface area contributed by atoms with Crippen LogP contribution in [0.15, 0.2) is 72.9 Å². The van der Waals surface area contributed by atoms with Crippen LogP contribution in [0.25, 0.3) is 0 Å². The zero-order valence-corrected chi connectivity index (χ0v) is 40.6. The van der Waals surface area contributed by atoms with Crippen molar-refractivity contribution in [1.29, 1.82) is 0 Å². The van der Waals surface area contributed by atoms with Crippen molar-refractivity contribution in [2.24, 2.45) is 0 Å². The Hall–Kier alpha value is -3.15. The molecule has 0 N–H and O–H groups in total. The van der Waals surface area contributed by atoms with E-state index >= 15 is 0 Å². The number of hydrogen-bond donors (Lipinski definition) is 0. The van der Waals surface area contributed by atoms with Crippen molar-refractivity contribution in [1.82, 2.24) is 0 Å². The Balaban J connectivity index is 4.48. The minimum absolute atomic E-state index is 0.107. The van der Waals surface area contributed by atoms with Gasteiger partial charge in [-0.1, -0.05) is 222 Å². The number of carbonyl (C=O) groups excluding carboxylic acids is 3. The summed E-state index contributed by atoms with van der Waals surface area (Å²) in [5.41, 5.74) is 0. The molecule has 0 aromatic carbocycles. The maximum atomic E-state index is 12.8. The molecule has 0 aliphatic rings. The molecule has 1 atom stereocenters. The predicted molar refractivity (Wildman–Crippen MR) is 265 cm³/mol. The number of carbonyl (C=O) groups is 3. The van der Waals surface area contributed by atoms with Gasteiger partial charge in [0.15, 0.2) is 6.10 Å². The van der Waals surface area contributed by atoms with Crippen molar-refractivity contribution in [3.63, 3.8) is 0 Å². The maximum Gasteiger partial charge on any atom is 0.306 e. The minimum atomic E-state index is -0.808. The number of rotatable bonds is 46. The fourth-order valence-electron chi connectivity index (χ4n) is 7.07. The van der Waals surface area contributed by atoms with E-state index < -0.39 is 6.10 Å². The lowest BCUT2D eigenvalue weighted by molar-refractivity contribution is -0.166. The highest BCUT2D eigenvalue weighted by molar-refractivity contribution is 5.71. The first-order valence-corrected chi connectivity index (χ1v) is 25.9. The first-order valence-electron chi connectivity index (χ1n) is 25.9. The third-order valence-corrected chi connectivity index (χ3v) is 11.0. The molecule has 0 amide bonds. The predicted octanol–water partition coefficient (Wildman–Crippen LogP) is 17.0. The van der Waals surface area contributed by atoms with Crippen molar-refractivity contribution in [3.8, 4) is 0 Å².